The van der Waals surface area contributed by atoms with Gasteiger partial charge in [0.15, 0.2) is 8.32 Å². The minimum Gasteiger partial charge on any atom is -0.413 e. The fourth-order valence-corrected chi connectivity index (χ4v) is 4.92. The minimum atomic E-state index is -2.13. The van der Waals surface area contributed by atoms with Crippen molar-refractivity contribution in [1.82, 2.24) is 5.32 Å². The average molecular weight is 493 g/mol. The van der Waals surface area contributed by atoms with Crippen molar-refractivity contribution in [2.24, 2.45) is 11.8 Å². The van der Waals surface area contributed by atoms with E-state index in [1.54, 1.807) is 6.92 Å². The highest BCUT2D eigenvalue weighted by Crippen LogP contribution is 2.39. The Morgan fingerprint density at radius 2 is 1.71 bits per heavy atom. The van der Waals surface area contributed by atoms with Crippen LogP contribution in [0.15, 0.2) is 24.3 Å². The fraction of sp³-hybridized carbons (Fsp3) is 0.565. The number of carbonyl (C=O) groups is 4. The van der Waals surface area contributed by atoms with E-state index in [4.69, 9.17) is 9.16 Å². The number of esters is 2. The van der Waals surface area contributed by atoms with Crippen molar-refractivity contribution in [1.29, 1.82) is 0 Å². The second kappa shape index (κ2) is 10.1. The summed E-state index contributed by atoms with van der Waals surface area (Å²) in [6.07, 6.45) is -1.04. The van der Waals surface area contributed by atoms with Gasteiger partial charge in [0.2, 0.25) is 5.91 Å². The number of nitrogens with zero attached hydrogens (tertiary/aromatic N) is 1. The van der Waals surface area contributed by atoms with Gasteiger partial charge in [0.1, 0.15) is 12.2 Å². The second-order valence-corrected chi connectivity index (χ2v) is 14.9. The predicted molar refractivity (Wildman–Crippen MR) is 125 cm³/mol. The number of nitro benzene ring substituents is 1. The number of rotatable bonds is 9. The van der Waals surface area contributed by atoms with Crippen molar-refractivity contribution in [3.05, 3.63) is 39.9 Å². The van der Waals surface area contributed by atoms with E-state index < -0.39 is 61.4 Å². The van der Waals surface area contributed by atoms with Crippen LogP contribution in [0.2, 0.25) is 18.1 Å². The molecule has 1 aliphatic rings. The molecule has 1 N–H and O–H groups in total. The molecule has 34 heavy (non-hydrogen) atoms. The molecule has 1 amide bonds. The molecular formula is C23H32N2O8Si. The highest BCUT2D eigenvalue weighted by molar-refractivity contribution is 6.74. The summed E-state index contributed by atoms with van der Waals surface area (Å²) in [4.78, 5) is 59.3. The van der Waals surface area contributed by atoms with Gasteiger partial charge in [0, 0.05) is 18.1 Å². The first kappa shape index (κ1) is 27.3. The largest absolute Gasteiger partial charge is 0.413 e. The summed E-state index contributed by atoms with van der Waals surface area (Å²) in [6, 6.07) is 4.06. The number of nitro groups is 1. The molecule has 1 fully saturated rings. The minimum absolute atomic E-state index is 0.0433. The summed E-state index contributed by atoms with van der Waals surface area (Å²) < 4.78 is 11.0. The van der Waals surface area contributed by atoms with Crippen molar-refractivity contribution in [2.75, 3.05) is 0 Å². The smallest absolute Gasteiger partial charge is 0.345 e. The Labute approximate surface area is 199 Å². The van der Waals surface area contributed by atoms with Gasteiger partial charge in [-0.15, -0.1) is 0 Å². The third-order valence-electron chi connectivity index (χ3n) is 6.68. The van der Waals surface area contributed by atoms with E-state index >= 15 is 0 Å². The van der Waals surface area contributed by atoms with Gasteiger partial charge in [0.05, 0.1) is 28.6 Å². The molecule has 186 valence electrons. The number of hydrogen-bond acceptors (Lipinski definition) is 8. The lowest BCUT2D eigenvalue weighted by Crippen LogP contribution is -2.66. The number of β-lactam (4-membered cyclic amide) rings is 1. The molecule has 0 radical (unpaired) electrons. The zero-order chi connectivity index (χ0) is 26.0. The summed E-state index contributed by atoms with van der Waals surface area (Å²) in [7, 11) is -2.13. The van der Waals surface area contributed by atoms with E-state index in [0.29, 0.717) is 0 Å². The molecule has 1 aromatic rings. The fourth-order valence-electron chi connectivity index (χ4n) is 3.49. The molecule has 0 spiro atoms. The molecule has 0 saturated carbocycles. The first-order valence-corrected chi connectivity index (χ1v) is 14.0. The van der Waals surface area contributed by atoms with Crippen molar-refractivity contribution >= 4 is 37.6 Å². The summed E-state index contributed by atoms with van der Waals surface area (Å²) in [6.45, 7) is 13.9. The van der Waals surface area contributed by atoms with Crippen LogP contribution in [0.3, 0.4) is 0 Å². The van der Waals surface area contributed by atoms with Gasteiger partial charge >= 0.3 is 11.9 Å². The van der Waals surface area contributed by atoms with Crippen LogP contribution >= 0.6 is 0 Å². The van der Waals surface area contributed by atoms with E-state index in [0.717, 1.165) is 24.3 Å². The Morgan fingerprint density at radius 1 is 1.15 bits per heavy atom. The number of Topliss-reactive ketones (excluding diaryl/α,β-unsaturated/α-hetero) is 1. The van der Waals surface area contributed by atoms with Gasteiger partial charge in [-0.2, -0.15) is 0 Å². The van der Waals surface area contributed by atoms with Crippen molar-refractivity contribution in [3.63, 3.8) is 0 Å². The first-order valence-electron chi connectivity index (χ1n) is 11.1. The van der Waals surface area contributed by atoms with Gasteiger partial charge in [-0.3, -0.25) is 24.5 Å². The Morgan fingerprint density at radius 3 is 2.18 bits per heavy atom. The Balaban J connectivity index is 1.96. The van der Waals surface area contributed by atoms with Crippen LogP contribution < -0.4 is 5.32 Å². The first-order chi connectivity index (χ1) is 15.5. The number of amides is 1. The molecule has 1 aliphatic heterocycles. The Kier molecular flexibility index (Phi) is 8.15. The maximum atomic E-state index is 12.7. The van der Waals surface area contributed by atoms with E-state index in [1.165, 1.54) is 0 Å². The average Bonchev–Trinajstić information content (AvgIpc) is 2.69. The zero-order valence-electron chi connectivity index (χ0n) is 20.5. The monoisotopic (exact) mass is 492 g/mol. The lowest BCUT2D eigenvalue weighted by molar-refractivity contribution is -0.384. The highest BCUT2D eigenvalue weighted by atomic mass is 28.4. The van der Waals surface area contributed by atoms with Gasteiger partial charge in [0.25, 0.3) is 5.69 Å². The SMILES string of the molecule is C[C@@H](O[Si](C)(C)C(C)(C)C)[C@H]1C(=O)N[C@@H]1[C@@H](C)C(=O)CC(=O)OC(=O)c1ccc([N+](=O)[O-])cc1. The number of carbonyl (C=O) groups excluding carboxylic acids is 4. The molecule has 4 atom stereocenters. The number of ketones is 1. The standard InChI is InChI=1S/C23H32N2O8Si/c1-13(20-19(21(28)24-20)14(2)33-34(6,7)23(3,4)5)17(26)12-18(27)32-22(29)15-8-10-16(11-9-15)25(30)31/h8-11,13-14,19-20H,12H2,1-7H3,(H,24,28)/t13-,14+,19+,20+/m0/s1. The van der Waals surface area contributed by atoms with Crippen LogP contribution in [0, 0.1) is 22.0 Å². The van der Waals surface area contributed by atoms with Crippen LogP contribution in [0.5, 0.6) is 0 Å². The molecule has 10 nitrogen and oxygen atoms in total. The topological polar surface area (TPSA) is 142 Å². The molecule has 0 unspecified atom stereocenters. The third kappa shape index (κ3) is 6.14. The highest BCUT2D eigenvalue weighted by Gasteiger charge is 2.50. The molecule has 0 bridgehead atoms. The van der Waals surface area contributed by atoms with Crippen LogP contribution in [0.1, 0.15) is 51.4 Å². The molecule has 1 saturated heterocycles. The van der Waals surface area contributed by atoms with Crippen LogP contribution in [-0.2, 0) is 23.5 Å². The van der Waals surface area contributed by atoms with E-state index in [2.05, 4.69) is 39.2 Å². The van der Waals surface area contributed by atoms with Gasteiger partial charge in [-0.25, -0.2) is 4.79 Å². The quantitative estimate of drug-likeness (QED) is 0.138. The maximum absolute atomic E-state index is 12.7. The number of ether oxygens (including phenoxy) is 1. The Bertz CT molecular complexity index is 984. The third-order valence-corrected chi connectivity index (χ3v) is 11.2. The summed E-state index contributed by atoms with van der Waals surface area (Å²) in [5, 5.41) is 13.4. The molecule has 0 aromatic heterocycles. The lowest BCUT2D eigenvalue weighted by atomic mass is 9.77. The van der Waals surface area contributed by atoms with E-state index in [9.17, 15) is 29.3 Å². The van der Waals surface area contributed by atoms with E-state index in [1.807, 2.05) is 6.92 Å². The number of benzene rings is 1. The molecule has 0 aliphatic carbocycles. The van der Waals surface area contributed by atoms with Gasteiger partial charge < -0.3 is 14.5 Å². The molecule has 1 aromatic carbocycles. The van der Waals surface area contributed by atoms with E-state index in [-0.39, 0.29) is 22.2 Å². The predicted octanol–water partition coefficient (Wildman–Crippen LogP) is 3.40. The second-order valence-electron chi connectivity index (χ2n) is 10.1. The molecule has 11 heteroatoms. The van der Waals surface area contributed by atoms with Crippen molar-refractivity contribution < 1.29 is 33.3 Å². The van der Waals surface area contributed by atoms with Gasteiger partial charge in [-0.05, 0) is 37.2 Å². The normalized spacial score (nSPS) is 19.9. The van der Waals surface area contributed by atoms with Crippen LogP contribution in [0.4, 0.5) is 5.69 Å². The number of hydrogen-bond donors (Lipinski definition) is 1. The van der Waals surface area contributed by atoms with Gasteiger partial charge in [-0.1, -0.05) is 27.7 Å². The van der Waals surface area contributed by atoms with Crippen molar-refractivity contribution in [2.45, 2.75) is 71.3 Å². The number of nitrogens with one attached hydrogen (secondary N) is 1. The summed E-state index contributed by atoms with van der Waals surface area (Å²) in [5.74, 6) is -3.93. The maximum Gasteiger partial charge on any atom is 0.345 e. The number of non-ortho nitro benzene ring substituents is 1. The zero-order valence-corrected chi connectivity index (χ0v) is 21.5. The lowest BCUT2D eigenvalue weighted by Gasteiger charge is -2.46. The molecular weight excluding hydrogens is 460 g/mol. The molecule has 2 rings (SSSR count). The summed E-state index contributed by atoms with van der Waals surface area (Å²) in [5.41, 5.74) is -0.266. The Hall–Kier alpha value is -2.92. The molecule has 1 heterocycles. The summed E-state index contributed by atoms with van der Waals surface area (Å²) >= 11 is 0. The van der Waals surface area contributed by atoms with Crippen molar-refractivity contribution in [3.8, 4) is 0 Å². The van der Waals surface area contributed by atoms with Crippen LogP contribution in [0.25, 0.3) is 0 Å². The van der Waals surface area contributed by atoms with Crippen LogP contribution in [-0.4, -0.2) is 49.0 Å².